The molecule has 0 saturated heterocycles. The van der Waals surface area contributed by atoms with E-state index in [9.17, 15) is 16.8 Å². The molecule has 0 fully saturated rings. The summed E-state index contributed by atoms with van der Waals surface area (Å²) in [6.45, 7) is 1.72. The van der Waals surface area contributed by atoms with Crippen LogP contribution in [0.4, 0.5) is 5.69 Å². The molecule has 0 aliphatic heterocycles. The van der Waals surface area contributed by atoms with Crippen molar-refractivity contribution in [3.8, 4) is 0 Å². The minimum Gasteiger partial charge on any atom is -0.284 e. The first-order chi connectivity index (χ1) is 11.1. The van der Waals surface area contributed by atoms with Crippen LogP contribution in [0, 0.1) is 0 Å². The van der Waals surface area contributed by atoms with E-state index >= 15 is 0 Å². The highest BCUT2D eigenvalue weighted by Gasteiger charge is 2.18. The van der Waals surface area contributed by atoms with Gasteiger partial charge in [0.25, 0.3) is 0 Å². The van der Waals surface area contributed by atoms with Crippen LogP contribution in [0.5, 0.6) is 0 Å². The maximum absolute atomic E-state index is 12.4. The van der Waals surface area contributed by atoms with Crippen LogP contribution in [0.25, 0.3) is 0 Å². The topological polar surface area (TPSA) is 92.3 Å². The first-order valence-corrected chi connectivity index (χ1v) is 10.7. The number of hydrogen-bond donors (Lipinski definition) is 2. The van der Waals surface area contributed by atoms with Gasteiger partial charge in [-0.05, 0) is 48.9 Å². The van der Waals surface area contributed by atoms with Crippen molar-refractivity contribution in [2.24, 2.45) is 0 Å². The molecule has 2 rings (SSSR count). The van der Waals surface area contributed by atoms with Gasteiger partial charge in [0.05, 0.1) is 11.2 Å². The van der Waals surface area contributed by atoms with Crippen molar-refractivity contribution in [3.63, 3.8) is 0 Å². The van der Waals surface area contributed by atoms with Crippen LogP contribution in [0.2, 0.25) is 5.02 Å². The maximum Gasteiger partial charge on any atom is 0.241 e. The highest BCUT2D eigenvalue weighted by molar-refractivity contribution is 7.92. The molecule has 0 unspecified atom stereocenters. The summed E-state index contributed by atoms with van der Waals surface area (Å²) in [4.78, 5) is 0.0439. The van der Waals surface area contributed by atoms with Gasteiger partial charge in [-0.2, -0.15) is 0 Å². The SMILES string of the molecule is C[C@@H](NS(=O)(=O)c1ccc(NS(C)(=O)=O)cc1)c1ccc(Cl)cc1. The van der Waals surface area contributed by atoms with Gasteiger partial charge in [0.1, 0.15) is 0 Å². The Morgan fingerprint density at radius 2 is 1.46 bits per heavy atom. The fourth-order valence-electron chi connectivity index (χ4n) is 2.04. The molecule has 6 nitrogen and oxygen atoms in total. The van der Waals surface area contributed by atoms with Crippen LogP contribution in [-0.4, -0.2) is 23.1 Å². The number of benzene rings is 2. The minimum atomic E-state index is -3.74. The summed E-state index contributed by atoms with van der Waals surface area (Å²) in [7, 11) is -7.15. The van der Waals surface area contributed by atoms with Crippen LogP contribution < -0.4 is 9.44 Å². The third-order valence-electron chi connectivity index (χ3n) is 3.17. The van der Waals surface area contributed by atoms with Crippen molar-refractivity contribution in [1.82, 2.24) is 4.72 Å². The molecule has 2 aromatic rings. The lowest BCUT2D eigenvalue weighted by Crippen LogP contribution is -2.26. The average molecular weight is 389 g/mol. The van der Waals surface area contributed by atoms with Gasteiger partial charge in [0.2, 0.25) is 20.0 Å². The van der Waals surface area contributed by atoms with Gasteiger partial charge >= 0.3 is 0 Å². The third-order valence-corrected chi connectivity index (χ3v) is 5.58. The molecule has 0 radical (unpaired) electrons. The van der Waals surface area contributed by atoms with Crippen molar-refractivity contribution in [1.29, 1.82) is 0 Å². The van der Waals surface area contributed by atoms with Crippen LogP contribution in [0.1, 0.15) is 18.5 Å². The molecular weight excluding hydrogens is 372 g/mol. The van der Waals surface area contributed by atoms with Gasteiger partial charge in [0.15, 0.2) is 0 Å². The minimum absolute atomic E-state index is 0.0439. The van der Waals surface area contributed by atoms with Gasteiger partial charge in [-0.15, -0.1) is 0 Å². The molecule has 0 spiro atoms. The van der Waals surface area contributed by atoms with Gasteiger partial charge in [-0.1, -0.05) is 23.7 Å². The van der Waals surface area contributed by atoms with Gasteiger partial charge in [-0.25, -0.2) is 21.6 Å². The van der Waals surface area contributed by atoms with Crippen LogP contribution >= 0.6 is 11.6 Å². The molecular formula is C15H17ClN2O4S2. The Morgan fingerprint density at radius 1 is 0.917 bits per heavy atom. The van der Waals surface area contributed by atoms with E-state index in [1.54, 1.807) is 31.2 Å². The lowest BCUT2D eigenvalue weighted by Gasteiger charge is -2.15. The first kappa shape index (κ1) is 18.7. The van der Waals surface area contributed by atoms with Gasteiger partial charge in [0, 0.05) is 16.8 Å². The fourth-order valence-corrected chi connectivity index (χ4v) is 3.96. The van der Waals surface area contributed by atoms with E-state index in [4.69, 9.17) is 11.6 Å². The molecule has 9 heteroatoms. The molecule has 0 aliphatic carbocycles. The number of rotatable bonds is 6. The van der Waals surface area contributed by atoms with Gasteiger partial charge in [-0.3, -0.25) is 4.72 Å². The van der Waals surface area contributed by atoms with Crippen molar-refractivity contribution < 1.29 is 16.8 Å². The Hall–Kier alpha value is -1.61. The second kappa shape index (κ2) is 7.10. The summed E-state index contributed by atoms with van der Waals surface area (Å²) in [6.07, 6.45) is 1.02. The van der Waals surface area contributed by atoms with E-state index in [1.165, 1.54) is 24.3 Å². The normalized spacial score (nSPS) is 13.5. The Kier molecular flexibility index (Phi) is 5.54. The molecule has 0 aromatic heterocycles. The molecule has 0 heterocycles. The highest BCUT2D eigenvalue weighted by Crippen LogP contribution is 2.20. The first-order valence-electron chi connectivity index (χ1n) is 6.92. The molecule has 2 N–H and O–H groups in total. The van der Waals surface area contributed by atoms with E-state index in [0.29, 0.717) is 10.7 Å². The zero-order chi connectivity index (χ0) is 18.0. The van der Waals surface area contributed by atoms with Crippen LogP contribution in [-0.2, 0) is 20.0 Å². The largest absolute Gasteiger partial charge is 0.284 e. The molecule has 0 bridgehead atoms. The summed E-state index contributed by atoms with van der Waals surface area (Å²) < 4.78 is 52.0. The van der Waals surface area contributed by atoms with Crippen LogP contribution in [0.15, 0.2) is 53.4 Å². The monoisotopic (exact) mass is 388 g/mol. The molecule has 24 heavy (non-hydrogen) atoms. The third kappa shape index (κ3) is 5.20. The number of sulfonamides is 2. The fraction of sp³-hybridized carbons (Fsp3) is 0.200. The average Bonchev–Trinajstić information content (AvgIpc) is 2.46. The molecule has 2 aromatic carbocycles. The molecule has 130 valence electrons. The number of halogens is 1. The molecule has 1 atom stereocenters. The standard InChI is InChI=1S/C15H17ClN2O4S2/c1-11(12-3-5-13(16)6-4-12)17-24(21,22)15-9-7-14(8-10-15)18-23(2,19)20/h3-11,17-18H,1-2H3/t11-/m1/s1. The van der Waals surface area contributed by atoms with Crippen molar-refractivity contribution in [2.75, 3.05) is 11.0 Å². The number of nitrogens with one attached hydrogen (secondary N) is 2. The predicted molar refractivity (Wildman–Crippen MR) is 95.1 cm³/mol. The Morgan fingerprint density at radius 3 is 1.96 bits per heavy atom. The van der Waals surface area contributed by atoms with E-state index in [-0.39, 0.29) is 4.90 Å². The molecule has 0 aliphatic rings. The summed E-state index contributed by atoms with van der Waals surface area (Å²) in [5.41, 5.74) is 1.07. The lowest BCUT2D eigenvalue weighted by molar-refractivity contribution is 0.567. The van der Waals surface area contributed by atoms with E-state index in [0.717, 1.165) is 11.8 Å². The predicted octanol–water partition coefficient (Wildman–Crippen LogP) is 2.75. The van der Waals surface area contributed by atoms with Gasteiger partial charge < -0.3 is 0 Å². The number of anilines is 1. The lowest BCUT2D eigenvalue weighted by atomic mass is 10.1. The maximum atomic E-state index is 12.4. The quantitative estimate of drug-likeness (QED) is 0.795. The smallest absolute Gasteiger partial charge is 0.241 e. The second-order valence-electron chi connectivity index (χ2n) is 5.29. The number of hydrogen-bond acceptors (Lipinski definition) is 4. The Bertz CT molecular complexity index is 909. The van der Waals surface area contributed by atoms with E-state index in [1.807, 2.05) is 0 Å². The van der Waals surface area contributed by atoms with E-state index < -0.39 is 26.1 Å². The summed E-state index contributed by atoms with van der Waals surface area (Å²) in [6, 6.07) is 11.9. The molecule has 0 amide bonds. The molecule has 0 saturated carbocycles. The summed E-state index contributed by atoms with van der Waals surface area (Å²) >= 11 is 5.82. The van der Waals surface area contributed by atoms with Crippen LogP contribution in [0.3, 0.4) is 0 Å². The second-order valence-corrected chi connectivity index (χ2v) is 9.19. The Balaban J connectivity index is 2.16. The Labute approximate surface area is 147 Å². The van der Waals surface area contributed by atoms with Crippen molar-refractivity contribution >= 4 is 37.3 Å². The van der Waals surface area contributed by atoms with Crippen molar-refractivity contribution in [3.05, 3.63) is 59.1 Å². The summed E-state index contributed by atoms with van der Waals surface area (Å²) in [5, 5.41) is 0.572. The summed E-state index contributed by atoms with van der Waals surface area (Å²) in [5.74, 6) is 0. The van der Waals surface area contributed by atoms with E-state index in [2.05, 4.69) is 9.44 Å². The zero-order valence-electron chi connectivity index (χ0n) is 13.0. The van der Waals surface area contributed by atoms with Crippen molar-refractivity contribution in [2.45, 2.75) is 17.9 Å². The highest BCUT2D eigenvalue weighted by atomic mass is 35.5. The zero-order valence-corrected chi connectivity index (χ0v) is 15.4.